The first kappa shape index (κ1) is 9.29. The topological polar surface area (TPSA) is 46.2 Å². The maximum Gasteiger partial charge on any atom is 0.149 e. The van der Waals surface area contributed by atoms with Crippen LogP contribution in [-0.4, -0.2) is 12.6 Å². The Balaban J connectivity index is 2.93. The number of hydrogen-bond acceptors (Lipinski definition) is 3. The van der Waals surface area contributed by atoms with Crippen LogP contribution in [0.25, 0.3) is 0 Å². The van der Waals surface area contributed by atoms with Gasteiger partial charge in [0, 0.05) is 17.6 Å². The fourth-order valence-electron chi connectivity index (χ4n) is 0.804. The van der Waals surface area contributed by atoms with Crippen molar-refractivity contribution in [3.8, 4) is 0 Å². The van der Waals surface area contributed by atoms with Crippen molar-refractivity contribution in [3.05, 3.63) is 21.5 Å². The lowest BCUT2D eigenvalue weighted by molar-refractivity contribution is -0.105. The lowest BCUT2D eigenvalue weighted by Crippen LogP contribution is -2.16. The molecule has 0 fully saturated rings. The highest BCUT2D eigenvalue weighted by Crippen LogP contribution is 2.23. The molecule has 0 aromatic heterocycles. The van der Waals surface area contributed by atoms with E-state index < -0.39 is 0 Å². The number of nitrogens with one attached hydrogen (secondary N) is 1. The normalized spacial score (nSPS) is 17.5. The molecule has 0 aromatic carbocycles. The summed E-state index contributed by atoms with van der Waals surface area (Å²) in [6, 6.07) is 0. The van der Waals surface area contributed by atoms with Gasteiger partial charge < -0.3 is 5.32 Å². The molecule has 0 atom stereocenters. The number of dihydropyridines is 1. The second-order valence-electron chi connectivity index (χ2n) is 2.22. The van der Waals surface area contributed by atoms with Gasteiger partial charge in [-0.3, -0.25) is 9.59 Å². The van der Waals surface area contributed by atoms with E-state index in [0.29, 0.717) is 23.7 Å². The molecule has 12 heavy (non-hydrogen) atoms. The van der Waals surface area contributed by atoms with Gasteiger partial charge in [-0.05, 0) is 0 Å². The highest BCUT2D eigenvalue weighted by Gasteiger charge is 2.16. The number of carbonyl (C=O) groups is 2. The van der Waals surface area contributed by atoms with Crippen LogP contribution < -0.4 is 5.32 Å². The van der Waals surface area contributed by atoms with Crippen molar-refractivity contribution in [2.45, 2.75) is 6.42 Å². The van der Waals surface area contributed by atoms with Gasteiger partial charge in [-0.1, -0.05) is 23.2 Å². The lowest BCUT2D eigenvalue weighted by Gasteiger charge is -2.14. The average molecular weight is 206 g/mol. The molecule has 64 valence electrons. The van der Waals surface area contributed by atoms with Crippen molar-refractivity contribution in [1.82, 2.24) is 5.32 Å². The third-order valence-corrected chi connectivity index (χ3v) is 2.12. The van der Waals surface area contributed by atoms with E-state index in [0.717, 1.165) is 0 Å². The van der Waals surface area contributed by atoms with Gasteiger partial charge in [-0.25, -0.2) is 0 Å². The van der Waals surface area contributed by atoms with Crippen LogP contribution in [0.2, 0.25) is 0 Å². The van der Waals surface area contributed by atoms with Crippen molar-refractivity contribution in [1.29, 1.82) is 0 Å². The van der Waals surface area contributed by atoms with E-state index in [2.05, 4.69) is 5.32 Å². The zero-order valence-corrected chi connectivity index (χ0v) is 7.45. The summed E-state index contributed by atoms with van der Waals surface area (Å²) in [5.41, 5.74) is 0.673. The number of allylic oxidation sites excluding steroid dienone is 2. The number of rotatable bonds is 2. The van der Waals surface area contributed by atoms with E-state index in [-0.39, 0.29) is 16.7 Å². The fraction of sp³-hybridized carbons (Fsp3) is 0.143. The highest BCUT2D eigenvalue weighted by atomic mass is 35.5. The van der Waals surface area contributed by atoms with Gasteiger partial charge >= 0.3 is 0 Å². The third-order valence-electron chi connectivity index (χ3n) is 1.45. The van der Waals surface area contributed by atoms with Crippen LogP contribution in [0.1, 0.15) is 6.42 Å². The Morgan fingerprint density at radius 3 is 1.83 bits per heavy atom. The molecule has 1 N–H and O–H groups in total. The first-order valence-corrected chi connectivity index (χ1v) is 3.89. The molecule has 0 radical (unpaired) electrons. The van der Waals surface area contributed by atoms with E-state index in [1.54, 1.807) is 0 Å². The Kier molecular flexibility index (Phi) is 2.89. The molecule has 0 aromatic rings. The van der Waals surface area contributed by atoms with Gasteiger partial charge in [0.05, 0.1) is 0 Å². The van der Waals surface area contributed by atoms with E-state index >= 15 is 0 Å². The molecular formula is C7H5Cl2NO2. The van der Waals surface area contributed by atoms with E-state index in [1.807, 2.05) is 0 Å². The molecule has 1 aliphatic rings. The van der Waals surface area contributed by atoms with Crippen molar-refractivity contribution >= 4 is 35.8 Å². The van der Waals surface area contributed by atoms with E-state index in [4.69, 9.17) is 23.2 Å². The number of halogens is 2. The molecule has 0 unspecified atom stereocenters. The van der Waals surface area contributed by atoms with Gasteiger partial charge in [-0.15, -0.1) is 0 Å². The van der Waals surface area contributed by atoms with E-state index in [9.17, 15) is 9.59 Å². The summed E-state index contributed by atoms with van der Waals surface area (Å²) in [6.45, 7) is 0. The number of hydrogen-bond donors (Lipinski definition) is 1. The first-order chi connectivity index (χ1) is 5.69. The SMILES string of the molecule is O=CC1=C(Cl)NC(Cl)=C(C=O)C1. The molecule has 0 spiro atoms. The summed E-state index contributed by atoms with van der Waals surface area (Å²) in [4.78, 5) is 20.7. The summed E-state index contributed by atoms with van der Waals surface area (Å²) < 4.78 is 0. The second kappa shape index (κ2) is 3.74. The number of aldehydes is 2. The lowest BCUT2D eigenvalue weighted by atomic mass is 10.1. The Bertz CT molecular complexity index is 266. The Hall–Kier alpha value is -0.800. The fourth-order valence-corrected chi connectivity index (χ4v) is 1.26. The summed E-state index contributed by atoms with van der Waals surface area (Å²) in [5, 5.41) is 2.87. The molecule has 1 rings (SSSR count). The van der Waals surface area contributed by atoms with Crippen molar-refractivity contribution < 1.29 is 9.59 Å². The Morgan fingerprint density at radius 2 is 1.50 bits per heavy atom. The maximum absolute atomic E-state index is 10.4. The first-order valence-electron chi connectivity index (χ1n) is 3.13. The van der Waals surface area contributed by atoms with Crippen LogP contribution >= 0.6 is 23.2 Å². The molecule has 0 aliphatic carbocycles. The minimum absolute atomic E-state index is 0.181. The van der Waals surface area contributed by atoms with Gasteiger partial charge in [0.25, 0.3) is 0 Å². The van der Waals surface area contributed by atoms with Crippen LogP contribution in [0, 0.1) is 0 Å². The predicted molar refractivity (Wildman–Crippen MR) is 45.6 cm³/mol. The van der Waals surface area contributed by atoms with Crippen LogP contribution in [0.5, 0.6) is 0 Å². The molecule has 0 saturated heterocycles. The molecule has 0 bridgehead atoms. The maximum atomic E-state index is 10.4. The smallest absolute Gasteiger partial charge is 0.149 e. The zero-order valence-electron chi connectivity index (χ0n) is 5.93. The van der Waals surface area contributed by atoms with Gasteiger partial charge in [0.15, 0.2) is 0 Å². The molecule has 5 heteroatoms. The Labute approximate surface area is 79.0 Å². The van der Waals surface area contributed by atoms with Gasteiger partial charge in [-0.2, -0.15) is 0 Å². The van der Waals surface area contributed by atoms with Crippen molar-refractivity contribution in [2.75, 3.05) is 0 Å². The van der Waals surface area contributed by atoms with Gasteiger partial charge in [0.2, 0.25) is 0 Å². The standard InChI is InChI=1S/C7H5Cl2NO2/c8-6-4(2-11)1-5(3-12)7(9)10-6/h2-3,10H,1H2. The van der Waals surface area contributed by atoms with Crippen molar-refractivity contribution in [3.63, 3.8) is 0 Å². The summed E-state index contributed by atoms with van der Waals surface area (Å²) in [6.07, 6.45) is 1.39. The van der Waals surface area contributed by atoms with Crippen LogP contribution in [0.4, 0.5) is 0 Å². The summed E-state index contributed by atoms with van der Waals surface area (Å²) in [7, 11) is 0. The third kappa shape index (κ3) is 1.68. The van der Waals surface area contributed by atoms with Gasteiger partial charge in [0.1, 0.15) is 22.9 Å². The van der Waals surface area contributed by atoms with Crippen molar-refractivity contribution in [2.24, 2.45) is 0 Å². The predicted octanol–water partition coefficient (Wildman–Crippen LogP) is 1.28. The quantitative estimate of drug-likeness (QED) is 0.546. The number of carbonyl (C=O) groups excluding carboxylic acids is 2. The zero-order chi connectivity index (χ0) is 9.14. The molecular weight excluding hydrogens is 201 g/mol. The molecule has 0 saturated carbocycles. The van der Waals surface area contributed by atoms with Crippen LogP contribution in [0.3, 0.4) is 0 Å². The van der Waals surface area contributed by atoms with Crippen LogP contribution in [-0.2, 0) is 9.59 Å². The van der Waals surface area contributed by atoms with Crippen LogP contribution in [0.15, 0.2) is 21.5 Å². The largest absolute Gasteiger partial charge is 0.336 e. The summed E-state index contributed by atoms with van der Waals surface area (Å²) >= 11 is 11.2. The summed E-state index contributed by atoms with van der Waals surface area (Å²) in [5.74, 6) is 0. The second-order valence-corrected chi connectivity index (χ2v) is 2.97. The monoisotopic (exact) mass is 205 g/mol. The average Bonchev–Trinajstić information content (AvgIpc) is 2.05. The minimum Gasteiger partial charge on any atom is -0.336 e. The molecule has 0 amide bonds. The molecule has 1 aliphatic heterocycles. The molecule has 1 heterocycles. The Morgan fingerprint density at radius 1 is 1.08 bits per heavy atom. The molecule has 3 nitrogen and oxygen atoms in total. The minimum atomic E-state index is 0.181. The van der Waals surface area contributed by atoms with E-state index in [1.165, 1.54) is 0 Å². The highest BCUT2D eigenvalue weighted by molar-refractivity contribution is 6.35.